The number of nitrogens with zero attached hydrogens (tertiary/aromatic N) is 1. The highest BCUT2D eigenvalue weighted by Crippen LogP contribution is 2.38. The molecule has 1 atom stereocenters. The van der Waals surface area contributed by atoms with Crippen LogP contribution in [0, 0.1) is 0 Å². The molecule has 0 saturated carbocycles. The number of fused-ring (bicyclic) bond motifs is 1. The van der Waals surface area contributed by atoms with E-state index >= 15 is 0 Å². The standard InChI is InChI=1S/C16H18N2O2S/c1-10-12-6-8-21-15(12)5-7-18(10)14-9-11(16(19)20-2)3-4-13(14)17/h3-4,6,8-10H,5,7,17H2,1-2H3. The Balaban J connectivity index is 1.99. The summed E-state index contributed by atoms with van der Waals surface area (Å²) in [6.45, 7) is 3.08. The van der Waals surface area contributed by atoms with Gasteiger partial charge in [-0.05, 0) is 48.6 Å². The Morgan fingerprint density at radius 1 is 1.43 bits per heavy atom. The van der Waals surface area contributed by atoms with Crippen LogP contribution in [0.2, 0.25) is 0 Å². The first-order chi connectivity index (χ1) is 10.1. The zero-order valence-corrected chi connectivity index (χ0v) is 12.9. The number of nitrogens with two attached hydrogens (primary N) is 1. The van der Waals surface area contributed by atoms with E-state index in [0.717, 1.165) is 18.7 Å². The zero-order chi connectivity index (χ0) is 15.0. The number of thiophene rings is 1. The fraction of sp³-hybridized carbons (Fsp3) is 0.312. The summed E-state index contributed by atoms with van der Waals surface area (Å²) in [6.07, 6.45) is 1.01. The van der Waals surface area contributed by atoms with Gasteiger partial charge in [0.15, 0.2) is 0 Å². The molecule has 3 rings (SSSR count). The third-order valence-corrected chi connectivity index (χ3v) is 5.03. The van der Waals surface area contributed by atoms with E-state index in [1.54, 1.807) is 12.1 Å². The van der Waals surface area contributed by atoms with Gasteiger partial charge in [-0.1, -0.05) is 0 Å². The Kier molecular flexibility index (Phi) is 3.59. The van der Waals surface area contributed by atoms with Crippen molar-refractivity contribution in [2.24, 2.45) is 0 Å². The average Bonchev–Trinajstić information content (AvgIpc) is 2.97. The predicted octanol–water partition coefficient (Wildman–Crippen LogP) is 3.24. The minimum atomic E-state index is -0.336. The van der Waals surface area contributed by atoms with E-state index in [4.69, 9.17) is 10.5 Å². The van der Waals surface area contributed by atoms with Crippen molar-refractivity contribution in [3.63, 3.8) is 0 Å². The normalized spacial score (nSPS) is 17.4. The Morgan fingerprint density at radius 2 is 2.24 bits per heavy atom. The first kappa shape index (κ1) is 13.9. The summed E-state index contributed by atoms with van der Waals surface area (Å²) in [7, 11) is 1.39. The third-order valence-electron chi connectivity index (χ3n) is 4.04. The number of rotatable bonds is 2. The van der Waals surface area contributed by atoms with Crippen LogP contribution in [-0.4, -0.2) is 19.6 Å². The summed E-state index contributed by atoms with van der Waals surface area (Å²) < 4.78 is 4.79. The fourth-order valence-corrected chi connectivity index (χ4v) is 3.84. The molecule has 0 spiro atoms. The topological polar surface area (TPSA) is 55.6 Å². The maximum Gasteiger partial charge on any atom is 0.337 e. The Labute approximate surface area is 128 Å². The van der Waals surface area contributed by atoms with E-state index in [1.165, 1.54) is 17.6 Å². The van der Waals surface area contributed by atoms with Crippen molar-refractivity contribution in [3.05, 3.63) is 45.6 Å². The second-order valence-corrected chi connectivity index (χ2v) is 6.18. The molecule has 5 heteroatoms. The molecule has 1 aromatic heterocycles. The van der Waals surface area contributed by atoms with Crippen molar-refractivity contribution < 1.29 is 9.53 Å². The quantitative estimate of drug-likeness (QED) is 0.683. The van der Waals surface area contributed by atoms with Gasteiger partial charge in [0.1, 0.15) is 0 Å². The van der Waals surface area contributed by atoms with Gasteiger partial charge in [-0.25, -0.2) is 4.79 Å². The van der Waals surface area contributed by atoms with Gasteiger partial charge in [0, 0.05) is 11.4 Å². The molecule has 0 amide bonds. The van der Waals surface area contributed by atoms with Crippen LogP contribution in [-0.2, 0) is 11.2 Å². The Bertz CT molecular complexity index is 681. The molecule has 2 N–H and O–H groups in total. The number of esters is 1. The van der Waals surface area contributed by atoms with Crippen molar-refractivity contribution >= 4 is 28.7 Å². The van der Waals surface area contributed by atoms with Crippen LogP contribution >= 0.6 is 11.3 Å². The van der Waals surface area contributed by atoms with E-state index in [-0.39, 0.29) is 12.0 Å². The van der Waals surface area contributed by atoms with Crippen LogP contribution < -0.4 is 10.6 Å². The lowest BCUT2D eigenvalue weighted by Crippen LogP contribution is -2.33. The highest BCUT2D eigenvalue weighted by atomic mass is 32.1. The van der Waals surface area contributed by atoms with E-state index in [2.05, 4.69) is 23.3 Å². The number of carbonyl (C=O) groups excluding carboxylic acids is 1. The summed E-state index contributed by atoms with van der Waals surface area (Å²) in [4.78, 5) is 15.4. The number of methoxy groups -OCH3 is 1. The fourth-order valence-electron chi connectivity index (χ4n) is 2.88. The lowest BCUT2D eigenvalue weighted by Gasteiger charge is -2.36. The molecule has 1 aliphatic heterocycles. The highest BCUT2D eigenvalue weighted by Gasteiger charge is 2.26. The summed E-state index contributed by atoms with van der Waals surface area (Å²) in [5.41, 5.74) is 9.61. The molecule has 0 aliphatic carbocycles. The predicted molar refractivity (Wildman–Crippen MR) is 86.0 cm³/mol. The van der Waals surface area contributed by atoms with Gasteiger partial charge < -0.3 is 15.4 Å². The molecule has 1 aromatic carbocycles. The smallest absolute Gasteiger partial charge is 0.337 e. The van der Waals surface area contributed by atoms with Crippen LogP contribution in [0.4, 0.5) is 11.4 Å². The second kappa shape index (κ2) is 5.41. The van der Waals surface area contributed by atoms with Crippen LogP contribution in [0.1, 0.15) is 33.8 Å². The van der Waals surface area contributed by atoms with Crippen LogP contribution in [0.25, 0.3) is 0 Å². The maximum absolute atomic E-state index is 11.7. The van der Waals surface area contributed by atoms with Crippen molar-refractivity contribution in [2.45, 2.75) is 19.4 Å². The SMILES string of the molecule is COC(=O)c1ccc(N)c(N2CCc3sccc3C2C)c1. The molecule has 2 aromatic rings. The van der Waals surface area contributed by atoms with Gasteiger partial charge >= 0.3 is 5.97 Å². The molecule has 0 saturated heterocycles. The molecular formula is C16H18N2O2S. The van der Waals surface area contributed by atoms with Crippen LogP contribution in [0.15, 0.2) is 29.6 Å². The second-order valence-electron chi connectivity index (χ2n) is 5.18. The first-order valence-corrected chi connectivity index (χ1v) is 7.80. The maximum atomic E-state index is 11.7. The molecule has 1 unspecified atom stereocenters. The van der Waals surface area contributed by atoms with Gasteiger partial charge in [0.2, 0.25) is 0 Å². The highest BCUT2D eigenvalue weighted by molar-refractivity contribution is 7.10. The number of nitrogen functional groups attached to an aromatic ring is 1. The minimum absolute atomic E-state index is 0.259. The zero-order valence-electron chi connectivity index (χ0n) is 12.1. The van der Waals surface area contributed by atoms with E-state index in [1.807, 2.05) is 17.4 Å². The summed E-state index contributed by atoms with van der Waals surface area (Å²) in [5, 5.41) is 2.14. The number of benzene rings is 1. The Morgan fingerprint density at radius 3 is 3.00 bits per heavy atom. The molecule has 0 radical (unpaired) electrons. The van der Waals surface area contributed by atoms with Gasteiger partial charge in [-0.3, -0.25) is 0 Å². The molecule has 2 heterocycles. The number of ether oxygens (including phenoxy) is 1. The summed E-state index contributed by atoms with van der Waals surface area (Å²) >= 11 is 1.81. The van der Waals surface area contributed by atoms with Crippen LogP contribution in [0.3, 0.4) is 0 Å². The Hall–Kier alpha value is -2.01. The number of anilines is 2. The third kappa shape index (κ3) is 2.38. The molecule has 0 bridgehead atoms. The van der Waals surface area contributed by atoms with Gasteiger partial charge in [0.05, 0.1) is 30.1 Å². The molecule has 110 valence electrons. The summed E-state index contributed by atoms with van der Waals surface area (Å²) in [6, 6.07) is 7.74. The van der Waals surface area contributed by atoms with E-state index < -0.39 is 0 Å². The van der Waals surface area contributed by atoms with Crippen molar-refractivity contribution in [1.82, 2.24) is 0 Å². The molecule has 0 fully saturated rings. The van der Waals surface area contributed by atoms with E-state index in [0.29, 0.717) is 11.3 Å². The summed E-state index contributed by atoms with van der Waals surface area (Å²) in [5.74, 6) is -0.336. The lowest BCUT2D eigenvalue weighted by atomic mass is 9.99. The minimum Gasteiger partial charge on any atom is -0.465 e. The van der Waals surface area contributed by atoms with Crippen LogP contribution in [0.5, 0.6) is 0 Å². The number of carbonyl (C=O) groups is 1. The molecule has 4 nitrogen and oxygen atoms in total. The number of hydrogen-bond donors (Lipinski definition) is 1. The largest absolute Gasteiger partial charge is 0.465 e. The van der Waals surface area contributed by atoms with Crippen molar-refractivity contribution in [1.29, 1.82) is 0 Å². The molecular weight excluding hydrogens is 284 g/mol. The first-order valence-electron chi connectivity index (χ1n) is 6.92. The monoisotopic (exact) mass is 302 g/mol. The van der Waals surface area contributed by atoms with Gasteiger partial charge in [-0.15, -0.1) is 11.3 Å². The van der Waals surface area contributed by atoms with Crippen molar-refractivity contribution in [3.8, 4) is 0 Å². The van der Waals surface area contributed by atoms with E-state index in [9.17, 15) is 4.79 Å². The number of hydrogen-bond acceptors (Lipinski definition) is 5. The van der Waals surface area contributed by atoms with Gasteiger partial charge in [0.25, 0.3) is 0 Å². The lowest BCUT2D eigenvalue weighted by molar-refractivity contribution is 0.0601. The average molecular weight is 302 g/mol. The molecule has 21 heavy (non-hydrogen) atoms. The van der Waals surface area contributed by atoms with Crippen molar-refractivity contribution in [2.75, 3.05) is 24.3 Å². The molecule has 1 aliphatic rings. The van der Waals surface area contributed by atoms with Gasteiger partial charge in [-0.2, -0.15) is 0 Å².